The zero-order chi connectivity index (χ0) is 20.7. The fraction of sp³-hybridized carbons (Fsp3) is 0.455. The molecule has 29 heavy (non-hydrogen) atoms. The smallest absolute Gasteiger partial charge is 0.235 e. The minimum Gasteiger partial charge on any atom is -0.475 e. The lowest BCUT2D eigenvalue weighted by atomic mass is 9.73. The summed E-state index contributed by atoms with van der Waals surface area (Å²) in [7, 11) is 0. The third-order valence-corrected chi connectivity index (χ3v) is 5.42. The van der Waals surface area contributed by atoms with Gasteiger partial charge in [-0.3, -0.25) is 4.79 Å². The summed E-state index contributed by atoms with van der Waals surface area (Å²) in [5.41, 5.74) is 1.67. The van der Waals surface area contributed by atoms with Crippen molar-refractivity contribution < 1.29 is 19.0 Å². The van der Waals surface area contributed by atoms with Crippen LogP contribution in [0.3, 0.4) is 0 Å². The third-order valence-electron chi connectivity index (χ3n) is 5.17. The zero-order valence-corrected chi connectivity index (χ0v) is 17.6. The van der Waals surface area contributed by atoms with E-state index in [1.165, 1.54) is 0 Å². The van der Waals surface area contributed by atoms with Gasteiger partial charge >= 0.3 is 0 Å². The monoisotopic (exact) mass is 418 g/mol. The number of aromatic nitrogens is 1. The molecular formula is C22H27ClN2O4. The number of amides is 1. The molecule has 156 valence electrons. The van der Waals surface area contributed by atoms with Crippen LogP contribution in [-0.4, -0.2) is 43.9 Å². The van der Waals surface area contributed by atoms with Gasteiger partial charge in [-0.2, -0.15) is 0 Å². The molecule has 6 nitrogen and oxygen atoms in total. The minimum atomic E-state index is -0.651. The van der Waals surface area contributed by atoms with Crippen LogP contribution in [0.2, 0.25) is 5.02 Å². The lowest BCUT2D eigenvalue weighted by molar-refractivity contribution is -0.125. The average Bonchev–Trinajstić information content (AvgIpc) is 2.74. The molecule has 2 aromatic rings. The lowest BCUT2D eigenvalue weighted by Gasteiger charge is -2.36. The van der Waals surface area contributed by atoms with Crippen molar-refractivity contribution in [1.29, 1.82) is 0 Å². The fourth-order valence-electron chi connectivity index (χ4n) is 3.48. The fourth-order valence-corrected chi connectivity index (χ4v) is 3.60. The molecule has 3 rings (SSSR count). The predicted octanol–water partition coefficient (Wildman–Crippen LogP) is 4.15. The van der Waals surface area contributed by atoms with Crippen molar-refractivity contribution in [1.82, 2.24) is 4.98 Å². The highest BCUT2D eigenvalue weighted by atomic mass is 35.5. The van der Waals surface area contributed by atoms with Crippen molar-refractivity contribution in [3.63, 3.8) is 0 Å². The summed E-state index contributed by atoms with van der Waals surface area (Å²) < 4.78 is 16.4. The average molecular weight is 419 g/mol. The van der Waals surface area contributed by atoms with Gasteiger partial charge in [-0.15, -0.1) is 0 Å². The largest absolute Gasteiger partial charge is 0.475 e. The van der Waals surface area contributed by atoms with Gasteiger partial charge in [0.2, 0.25) is 11.8 Å². The number of hydrogen-bond donors (Lipinski definition) is 1. The molecule has 0 radical (unpaired) electrons. The van der Waals surface area contributed by atoms with E-state index in [9.17, 15) is 4.79 Å². The second-order valence-electron chi connectivity index (χ2n) is 6.98. The van der Waals surface area contributed by atoms with Crippen molar-refractivity contribution in [2.24, 2.45) is 0 Å². The number of carbonyl (C=O) groups excluding carboxylic acids is 1. The number of nitrogens with zero attached hydrogens (tertiary/aromatic N) is 1. The van der Waals surface area contributed by atoms with Gasteiger partial charge in [-0.25, -0.2) is 4.98 Å². The molecule has 1 amide bonds. The summed E-state index contributed by atoms with van der Waals surface area (Å²) in [4.78, 5) is 17.8. The number of rotatable bonds is 8. The second-order valence-corrected chi connectivity index (χ2v) is 7.42. The Morgan fingerprint density at radius 2 is 1.90 bits per heavy atom. The normalized spacial score (nSPS) is 15.7. The first-order chi connectivity index (χ1) is 14.0. The molecule has 1 aliphatic rings. The standard InChI is InChI=1S/C22H27ClN2O4/c1-3-27-14-15-29-20-9-8-19(16(2)24-20)25-21(26)22(10-12-28-13-11-22)17-4-6-18(23)7-5-17/h4-9H,3,10-15H2,1-2H3,(H,25,26). The van der Waals surface area contributed by atoms with Crippen molar-refractivity contribution in [2.75, 3.05) is 38.4 Å². The molecule has 1 aliphatic heterocycles. The van der Waals surface area contributed by atoms with Crippen molar-refractivity contribution in [3.8, 4) is 5.88 Å². The Labute approximate surface area is 176 Å². The SMILES string of the molecule is CCOCCOc1ccc(NC(=O)C2(c3ccc(Cl)cc3)CCOCC2)c(C)n1. The first kappa shape index (κ1) is 21.6. The molecule has 0 aliphatic carbocycles. The van der Waals surface area contributed by atoms with Gasteiger partial charge < -0.3 is 19.5 Å². The maximum atomic E-state index is 13.4. The molecule has 0 spiro atoms. The Balaban J connectivity index is 1.75. The summed E-state index contributed by atoms with van der Waals surface area (Å²) in [5.74, 6) is 0.455. The zero-order valence-electron chi connectivity index (χ0n) is 16.9. The number of anilines is 1. The van der Waals surface area contributed by atoms with Crippen molar-refractivity contribution in [2.45, 2.75) is 32.1 Å². The molecule has 1 aromatic heterocycles. The highest BCUT2D eigenvalue weighted by Gasteiger charge is 2.41. The Morgan fingerprint density at radius 3 is 2.55 bits per heavy atom. The van der Waals surface area contributed by atoms with Crippen LogP contribution >= 0.6 is 11.6 Å². The van der Waals surface area contributed by atoms with Crippen LogP contribution in [0, 0.1) is 6.92 Å². The molecule has 1 saturated heterocycles. The molecule has 7 heteroatoms. The highest BCUT2D eigenvalue weighted by molar-refractivity contribution is 6.30. The van der Waals surface area contributed by atoms with Gasteiger partial charge in [-0.1, -0.05) is 23.7 Å². The molecule has 1 N–H and O–H groups in total. The summed E-state index contributed by atoms with van der Waals surface area (Å²) in [6.07, 6.45) is 1.23. The molecule has 0 atom stereocenters. The number of carbonyl (C=O) groups is 1. The molecule has 2 heterocycles. The van der Waals surface area contributed by atoms with E-state index in [2.05, 4.69) is 10.3 Å². The number of benzene rings is 1. The van der Waals surface area contributed by atoms with Crippen LogP contribution in [0.1, 0.15) is 31.0 Å². The van der Waals surface area contributed by atoms with E-state index < -0.39 is 5.41 Å². The Kier molecular flexibility index (Phi) is 7.47. The maximum absolute atomic E-state index is 13.4. The van der Waals surface area contributed by atoms with Crippen LogP contribution in [0.4, 0.5) is 5.69 Å². The molecule has 0 saturated carbocycles. The van der Waals surface area contributed by atoms with Crippen LogP contribution in [-0.2, 0) is 19.7 Å². The van der Waals surface area contributed by atoms with Crippen LogP contribution in [0.5, 0.6) is 5.88 Å². The summed E-state index contributed by atoms with van der Waals surface area (Å²) in [6.45, 7) is 6.48. The quantitative estimate of drug-likeness (QED) is 0.652. The van der Waals surface area contributed by atoms with E-state index in [0.717, 1.165) is 5.56 Å². The topological polar surface area (TPSA) is 69.7 Å². The van der Waals surface area contributed by atoms with E-state index in [0.29, 0.717) is 68.2 Å². The highest BCUT2D eigenvalue weighted by Crippen LogP contribution is 2.37. The van der Waals surface area contributed by atoms with Gasteiger partial charge in [0, 0.05) is 30.9 Å². The van der Waals surface area contributed by atoms with Crippen LogP contribution in [0.15, 0.2) is 36.4 Å². The van der Waals surface area contributed by atoms with E-state index in [-0.39, 0.29) is 5.91 Å². The molecular weight excluding hydrogens is 392 g/mol. The Hall–Kier alpha value is -2.15. The molecule has 0 bridgehead atoms. The van der Waals surface area contributed by atoms with E-state index in [1.54, 1.807) is 6.07 Å². The van der Waals surface area contributed by atoms with Gasteiger partial charge in [0.1, 0.15) is 6.61 Å². The van der Waals surface area contributed by atoms with E-state index >= 15 is 0 Å². The molecule has 0 unspecified atom stereocenters. The van der Waals surface area contributed by atoms with Gasteiger partial charge in [0.15, 0.2) is 0 Å². The Bertz CT molecular complexity index is 820. The van der Waals surface area contributed by atoms with Gasteiger partial charge in [0.25, 0.3) is 0 Å². The summed E-state index contributed by atoms with van der Waals surface area (Å²) in [6, 6.07) is 11.1. The number of aryl methyl sites for hydroxylation is 1. The molecule has 1 aromatic carbocycles. The summed E-state index contributed by atoms with van der Waals surface area (Å²) >= 11 is 6.04. The minimum absolute atomic E-state index is 0.0574. The third kappa shape index (κ3) is 5.26. The van der Waals surface area contributed by atoms with Crippen LogP contribution in [0.25, 0.3) is 0 Å². The first-order valence-corrected chi connectivity index (χ1v) is 10.3. The Morgan fingerprint density at radius 1 is 1.17 bits per heavy atom. The second kappa shape index (κ2) is 10.1. The number of pyridine rings is 1. The van der Waals surface area contributed by atoms with Gasteiger partial charge in [0.05, 0.1) is 23.4 Å². The van der Waals surface area contributed by atoms with Crippen molar-refractivity contribution >= 4 is 23.2 Å². The van der Waals surface area contributed by atoms with Gasteiger partial charge in [-0.05, 0) is 50.5 Å². The number of halogens is 1. The number of ether oxygens (including phenoxy) is 3. The predicted molar refractivity (Wildman–Crippen MR) is 113 cm³/mol. The summed E-state index contributed by atoms with van der Waals surface area (Å²) in [5, 5.41) is 3.72. The van der Waals surface area contributed by atoms with Crippen LogP contribution < -0.4 is 10.1 Å². The maximum Gasteiger partial charge on any atom is 0.235 e. The molecule has 1 fully saturated rings. The van der Waals surface area contributed by atoms with E-state index in [1.807, 2.05) is 44.2 Å². The number of hydrogen-bond acceptors (Lipinski definition) is 5. The number of nitrogens with one attached hydrogen (secondary N) is 1. The lowest BCUT2D eigenvalue weighted by Crippen LogP contribution is -2.45. The first-order valence-electron chi connectivity index (χ1n) is 9.88. The van der Waals surface area contributed by atoms with Crippen molar-refractivity contribution in [3.05, 3.63) is 52.7 Å². The van der Waals surface area contributed by atoms with E-state index in [4.69, 9.17) is 25.8 Å².